The number of nitrogens with one attached hydrogen (secondary N) is 2. The van der Waals surface area contributed by atoms with Crippen molar-refractivity contribution in [3.63, 3.8) is 0 Å². The van der Waals surface area contributed by atoms with Gasteiger partial charge in [-0.15, -0.1) is 11.3 Å². The van der Waals surface area contributed by atoms with Crippen LogP contribution < -0.4 is 15.4 Å². The molecule has 0 aliphatic heterocycles. The predicted molar refractivity (Wildman–Crippen MR) is 105 cm³/mol. The summed E-state index contributed by atoms with van der Waals surface area (Å²) in [7, 11) is 0. The number of rotatable bonds is 7. The van der Waals surface area contributed by atoms with Gasteiger partial charge in [-0.05, 0) is 43.3 Å². The van der Waals surface area contributed by atoms with E-state index in [2.05, 4.69) is 20.6 Å². The number of nitrogens with zero attached hydrogens (tertiary/aromatic N) is 2. The van der Waals surface area contributed by atoms with Gasteiger partial charge in [-0.1, -0.05) is 11.6 Å². The number of hydrogen-bond acceptors (Lipinski definition) is 6. The molecule has 1 amide bonds. The largest absolute Gasteiger partial charge is 0.494 e. The average Bonchev–Trinajstić information content (AvgIpc) is 3.05. The lowest BCUT2D eigenvalue weighted by Crippen LogP contribution is -2.14. The van der Waals surface area contributed by atoms with Crippen molar-refractivity contribution >= 4 is 45.5 Å². The number of aromatic nitrogens is 2. The van der Waals surface area contributed by atoms with Crippen LogP contribution in [0.4, 0.5) is 16.6 Å². The lowest BCUT2D eigenvalue weighted by Gasteiger charge is -2.06. The molecule has 2 aromatic heterocycles. The highest BCUT2D eigenvalue weighted by Crippen LogP contribution is 2.21. The van der Waals surface area contributed by atoms with E-state index in [0.29, 0.717) is 28.3 Å². The van der Waals surface area contributed by atoms with Crippen molar-refractivity contribution < 1.29 is 9.53 Å². The first-order valence-electron chi connectivity index (χ1n) is 7.98. The zero-order valence-corrected chi connectivity index (χ0v) is 15.6. The molecular formula is C18H17ClN4O2S. The van der Waals surface area contributed by atoms with Crippen LogP contribution in [0, 0.1) is 0 Å². The molecule has 26 heavy (non-hydrogen) atoms. The maximum Gasteiger partial charge on any atom is 0.230 e. The summed E-state index contributed by atoms with van der Waals surface area (Å²) < 4.78 is 5.38. The van der Waals surface area contributed by atoms with E-state index in [1.165, 1.54) is 11.3 Å². The Morgan fingerprint density at radius 2 is 2.04 bits per heavy atom. The average molecular weight is 389 g/mol. The molecule has 0 spiro atoms. The molecule has 2 heterocycles. The third kappa shape index (κ3) is 5.18. The lowest BCUT2D eigenvalue weighted by atomic mass is 10.2. The third-order valence-corrected chi connectivity index (χ3v) is 4.34. The Morgan fingerprint density at radius 3 is 2.73 bits per heavy atom. The molecule has 0 aliphatic carbocycles. The molecule has 0 radical (unpaired) electrons. The number of ether oxygens (including phenoxy) is 1. The van der Waals surface area contributed by atoms with Crippen LogP contribution in [0.2, 0.25) is 5.02 Å². The number of amides is 1. The molecular weight excluding hydrogens is 372 g/mol. The monoisotopic (exact) mass is 388 g/mol. The summed E-state index contributed by atoms with van der Waals surface area (Å²) in [6.07, 6.45) is 1.75. The number of benzene rings is 1. The molecule has 0 saturated carbocycles. The fourth-order valence-electron chi connectivity index (χ4n) is 2.18. The van der Waals surface area contributed by atoms with Gasteiger partial charge in [0, 0.05) is 17.3 Å². The smallest absolute Gasteiger partial charge is 0.230 e. The van der Waals surface area contributed by atoms with Crippen LogP contribution in [0.25, 0.3) is 0 Å². The summed E-state index contributed by atoms with van der Waals surface area (Å²) in [5, 5.41) is 9.02. The minimum absolute atomic E-state index is 0.129. The molecule has 0 bridgehead atoms. The Balaban J connectivity index is 1.54. The first kappa shape index (κ1) is 18.2. The first-order valence-corrected chi connectivity index (χ1v) is 9.24. The van der Waals surface area contributed by atoms with Gasteiger partial charge in [0.2, 0.25) is 5.91 Å². The van der Waals surface area contributed by atoms with Crippen LogP contribution in [-0.4, -0.2) is 22.5 Å². The second-order valence-corrected chi connectivity index (χ2v) is 6.61. The van der Waals surface area contributed by atoms with E-state index in [1.54, 1.807) is 18.3 Å². The van der Waals surface area contributed by atoms with Crippen LogP contribution >= 0.6 is 22.9 Å². The number of pyridine rings is 1. The Morgan fingerprint density at radius 1 is 1.23 bits per heavy atom. The van der Waals surface area contributed by atoms with Crippen molar-refractivity contribution in [2.24, 2.45) is 0 Å². The van der Waals surface area contributed by atoms with E-state index in [9.17, 15) is 4.79 Å². The Kier molecular flexibility index (Phi) is 6.04. The highest BCUT2D eigenvalue weighted by atomic mass is 35.5. The third-order valence-electron chi connectivity index (χ3n) is 3.30. The summed E-state index contributed by atoms with van der Waals surface area (Å²) in [5.74, 6) is 1.29. The molecule has 0 unspecified atom stereocenters. The van der Waals surface area contributed by atoms with Crippen molar-refractivity contribution in [2.75, 3.05) is 17.2 Å². The number of anilines is 3. The van der Waals surface area contributed by atoms with Crippen LogP contribution in [0.1, 0.15) is 12.6 Å². The fraction of sp³-hybridized carbons (Fsp3) is 0.167. The lowest BCUT2D eigenvalue weighted by molar-refractivity contribution is -0.115. The van der Waals surface area contributed by atoms with Gasteiger partial charge < -0.3 is 15.4 Å². The van der Waals surface area contributed by atoms with Gasteiger partial charge in [0.25, 0.3) is 0 Å². The Bertz CT molecular complexity index is 866. The van der Waals surface area contributed by atoms with Crippen LogP contribution in [0.3, 0.4) is 0 Å². The Labute approximate surface area is 160 Å². The normalized spacial score (nSPS) is 10.4. The van der Waals surface area contributed by atoms with E-state index in [-0.39, 0.29) is 12.3 Å². The number of thiazole rings is 1. The first-order chi connectivity index (χ1) is 12.6. The predicted octanol–water partition coefficient (Wildman–Crippen LogP) is 4.52. The highest BCUT2D eigenvalue weighted by Gasteiger charge is 2.09. The maximum atomic E-state index is 12.2. The van der Waals surface area contributed by atoms with Crippen LogP contribution in [0.5, 0.6) is 5.75 Å². The summed E-state index contributed by atoms with van der Waals surface area (Å²) in [4.78, 5) is 20.7. The quantitative estimate of drug-likeness (QED) is 0.622. The summed E-state index contributed by atoms with van der Waals surface area (Å²) in [6, 6.07) is 10.8. The molecule has 0 atom stereocenters. The number of hydrogen-bond donors (Lipinski definition) is 2. The van der Waals surface area contributed by atoms with Gasteiger partial charge in [0.15, 0.2) is 5.13 Å². The molecule has 3 rings (SSSR count). The molecule has 6 nitrogen and oxygen atoms in total. The van der Waals surface area contributed by atoms with Crippen LogP contribution in [0.15, 0.2) is 48.0 Å². The molecule has 2 N–H and O–H groups in total. The molecule has 0 fully saturated rings. The number of halogens is 1. The maximum absolute atomic E-state index is 12.2. The molecule has 0 aliphatic rings. The van der Waals surface area contributed by atoms with Gasteiger partial charge in [0.1, 0.15) is 11.6 Å². The second kappa shape index (κ2) is 8.64. The van der Waals surface area contributed by atoms with E-state index in [0.717, 1.165) is 11.4 Å². The minimum atomic E-state index is -0.129. The van der Waals surface area contributed by atoms with E-state index < -0.39 is 0 Å². The van der Waals surface area contributed by atoms with Gasteiger partial charge in [0.05, 0.1) is 23.7 Å². The van der Waals surface area contributed by atoms with Gasteiger partial charge in [-0.25, -0.2) is 9.97 Å². The molecule has 3 aromatic rings. The van der Waals surface area contributed by atoms with Crippen molar-refractivity contribution in [3.05, 3.63) is 58.7 Å². The topological polar surface area (TPSA) is 76.1 Å². The number of carbonyl (C=O) groups is 1. The minimum Gasteiger partial charge on any atom is -0.494 e. The van der Waals surface area contributed by atoms with E-state index in [1.807, 2.05) is 36.6 Å². The number of carbonyl (C=O) groups excluding carboxylic acids is 1. The summed E-state index contributed by atoms with van der Waals surface area (Å²) in [6.45, 7) is 2.53. The molecule has 0 saturated heterocycles. The molecule has 134 valence electrons. The zero-order chi connectivity index (χ0) is 18.4. The summed E-state index contributed by atoms with van der Waals surface area (Å²) in [5.41, 5.74) is 1.41. The Hall–Kier alpha value is -2.64. The zero-order valence-electron chi connectivity index (χ0n) is 14.0. The SMILES string of the molecule is CCOc1ccc(NC(=O)Cc2csc(Nc3ccc(Cl)cn3)n2)cc1. The highest BCUT2D eigenvalue weighted by molar-refractivity contribution is 7.13. The van der Waals surface area contributed by atoms with E-state index >= 15 is 0 Å². The second-order valence-electron chi connectivity index (χ2n) is 5.31. The van der Waals surface area contributed by atoms with Crippen molar-refractivity contribution in [3.8, 4) is 5.75 Å². The van der Waals surface area contributed by atoms with Gasteiger partial charge in [-0.2, -0.15) is 0 Å². The standard InChI is InChI=1S/C18H17ClN4O2S/c1-2-25-15-6-4-13(5-7-15)21-17(24)9-14-11-26-18(22-14)23-16-8-3-12(19)10-20-16/h3-8,10-11H,2,9H2,1H3,(H,21,24)(H,20,22,23). The van der Waals surface area contributed by atoms with Crippen molar-refractivity contribution in [1.29, 1.82) is 0 Å². The summed E-state index contributed by atoms with van der Waals surface area (Å²) >= 11 is 7.22. The van der Waals surface area contributed by atoms with Crippen LogP contribution in [-0.2, 0) is 11.2 Å². The molecule has 8 heteroatoms. The van der Waals surface area contributed by atoms with Gasteiger partial charge >= 0.3 is 0 Å². The fourth-order valence-corrected chi connectivity index (χ4v) is 3.00. The molecule has 1 aromatic carbocycles. The van der Waals surface area contributed by atoms with E-state index in [4.69, 9.17) is 16.3 Å². The van der Waals surface area contributed by atoms with Crippen molar-refractivity contribution in [2.45, 2.75) is 13.3 Å². The van der Waals surface area contributed by atoms with Crippen molar-refractivity contribution in [1.82, 2.24) is 9.97 Å². The van der Waals surface area contributed by atoms with Gasteiger partial charge in [-0.3, -0.25) is 4.79 Å².